The van der Waals surface area contributed by atoms with Gasteiger partial charge in [-0.15, -0.1) is 11.3 Å². The van der Waals surface area contributed by atoms with Crippen LogP contribution < -0.4 is 10.2 Å². The monoisotopic (exact) mass is 566 g/mol. The molecule has 4 aromatic rings. The summed E-state index contributed by atoms with van der Waals surface area (Å²) in [4.78, 5) is 26.4. The molecule has 0 bridgehead atoms. The van der Waals surface area contributed by atoms with Gasteiger partial charge in [-0.3, -0.25) is 0 Å². The van der Waals surface area contributed by atoms with Crippen LogP contribution in [0, 0.1) is 0 Å². The van der Waals surface area contributed by atoms with Crippen LogP contribution in [0.1, 0.15) is 45.0 Å². The average Bonchev–Trinajstić information content (AvgIpc) is 3.58. The molecular formula is C27H35AsN6OS. The van der Waals surface area contributed by atoms with Crippen LogP contribution in [-0.2, 0) is 0 Å². The number of nitrogens with one attached hydrogen (secondary N) is 1. The van der Waals surface area contributed by atoms with Gasteiger partial charge in [-0.25, -0.2) is 0 Å². The molecule has 4 aromatic heterocycles. The van der Waals surface area contributed by atoms with Crippen LogP contribution in [0.4, 0.5) is 5.82 Å². The second kappa shape index (κ2) is 12.0. The Morgan fingerprint density at radius 3 is 2.56 bits per heavy atom. The van der Waals surface area contributed by atoms with Gasteiger partial charge in [0.05, 0.1) is 0 Å². The molecule has 0 aliphatic rings. The zero-order valence-corrected chi connectivity index (χ0v) is 24.4. The molecule has 0 saturated carbocycles. The number of aromatic nitrogens is 4. The third-order valence-electron chi connectivity index (χ3n) is 6.57. The van der Waals surface area contributed by atoms with Crippen molar-refractivity contribution in [2.45, 2.75) is 49.7 Å². The number of hydrogen-bond acceptors (Lipinski definition) is 6. The number of hydrogen-bond donors (Lipinski definition) is 1. The summed E-state index contributed by atoms with van der Waals surface area (Å²) in [5.74, 6) is 0.739. The SMILES string of the molecule is CCN(CC)c1cc(C(=O)NCC(C)[As](CC)CC)cc(-c2cnn3ccc(-c4cccs4)nc23)n1. The molecule has 0 aliphatic carbocycles. The maximum absolute atomic E-state index is 13.3. The molecular weight excluding hydrogens is 531 g/mol. The standard InChI is InChI=1S/C27H35AsN6OS/c1-6-28(7-2)19(5)17-29-27(35)20-15-23(31-25(16-20)33(8-3)9-4)21-18-30-34-13-12-22(32-26(21)34)24-11-10-14-36-24/h10-16,18-19H,6-9,17H2,1-5H3,(H,29,35). The number of pyridine rings is 1. The van der Waals surface area contributed by atoms with Crippen molar-refractivity contribution in [3.8, 4) is 21.8 Å². The Hall–Kier alpha value is -2.70. The van der Waals surface area contributed by atoms with Crippen LogP contribution in [0.3, 0.4) is 0 Å². The summed E-state index contributed by atoms with van der Waals surface area (Å²) in [6, 6.07) is 9.84. The summed E-state index contributed by atoms with van der Waals surface area (Å²) in [7, 11) is 0. The second-order valence-corrected chi connectivity index (χ2v) is 16.6. The Labute approximate surface area is 222 Å². The molecule has 0 fully saturated rings. The van der Waals surface area contributed by atoms with Crippen LogP contribution in [-0.4, -0.2) is 59.8 Å². The predicted octanol–water partition coefficient (Wildman–Crippen LogP) is 6.02. The maximum atomic E-state index is 13.3. The summed E-state index contributed by atoms with van der Waals surface area (Å²) < 4.78 is 2.33. The van der Waals surface area contributed by atoms with Gasteiger partial charge in [-0.05, 0) is 11.4 Å². The first-order valence-electron chi connectivity index (χ1n) is 12.7. The average molecular weight is 567 g/mol. The molecule has 4 rings (SSSR count). The molecule has 0 radical (unpaired) electrons. The first-order valence-corrected chi connectivity index (χ1v) is 17.3. The van der Waals surface area contributed by atoms with Crippen molar-refractivity contribution >= 4 is 43.4 Å². The number of carbonyl (C=O) groups excluding carboxylic acids is 1. The Bertz CT molecular complexity index is 1300. The molecule has 0 saturated heterocycles. The van der Waals surface area contributed by atoms with E-state index in [4.69, 9.17) is 9.97 Å². The van der Waals surface area contributed by atoms with E-state index < -0.39 is 14.7 Å². The van der Waals surface area contributed by atoms with E-state index in [2.05, 4.69) is 56.0 Å². The van der Waals surface area contributed by atoms with Gasteiger partial charge in [0.2, 0.25) is 0 Å². The van der Waals surface area contributed by atoms with Crippen LogP contribution >= 0.6 is 11.3 Å². The number of carbonyl (C=O) groups is 1. The molecule has 1 N–H and O–H groups in total. The number of anilines is 1. The summed E-state index contributed by atoms with van der Waals surface area (Å²) >= 11 is 0.750. The third-order valence-corrected chi connectivity index (χ3v) is 13.9. The van der Waals surface area contributed by atoms with Crippen molar-refractivity contribution in [2.75, 3.05) is 24.5 Å². The third kappa shape index (κ3) is 5.65. The van der Waals surface area contributed by atoms with E-state index in [1.165, 1.54) is 10.4 Å². The van der Waals surface area contributed by atoms with Gasteiger partial charge in [0.25, 0.3) is 0 Å². The molecule has 0 spiro atoms. The van der Waals surface area contributed by atoms with E-state index in [1.807, 2.05) is 35.8 Å². The first kappa shape index (κ1) is 26.4. The van der Waals surface area contributed by atoms with Crippen LogP contribution in [0.5, 0.6) is 0 Å². The van der Waals surface area contributed by atoms with Crippen molar-refractivity contribution in [1.82, 2.24) is 24.9 Å². The molecule has 0 aromatic carbocycles. The van der Waals surface area contributed by atoms with Crippen molar-refractivity contribution in [2.24, 2.45) is 0 Å². The van der Waals surface area contributed by atoms with Crippen LogP contribution in [0.15, 0.2) is 48.1 Å². The fourth-order valence-corrected chi connectivity index (χ4v) is 9.41. The Morgan fingerprint density at radius 2 is 1.89 bits per heavy atom. The molecule has 7 nitrogen and oxygen atoms in total. The fourth-order valence-electron chi connectivity index (χ4n) is 4.42. The molecule has 4 heterocycles. The minimum absolute atomic E-state index is 0.0521. The van der Waals surface area contributed by atoms with Crippen molar-refractivity contribution in [1.29, 1.82) is 0 Å². The number of rotatable bonds is 11. The van der Waals surface area contributed by atoms with E-state index in [-0.39, 0.29) is 5.91 Å². The number of thiophene rings is 1. The molecule has 0 aliphatic heterocycles. The number of amides is 1. The fraction of sp³-hybridized carbons (Fsp3) is 0.407. The van der Waals surface area contributed by atoms with Gasteiger partial charge in [0, 0.05) is 0 Å². The molecule has 9 heteroatoms. The van der Waals surface area contributed by atoms with E-state index in [1.54, 1.807) is 22.0 Å². The topological polar surface area (TPSA) is 75.4 Å². The van der Waals surface area contributed by atoms with E-state index in [0.29, 0.717) is 16.0 Å². The van der Waals surface area contributed by atoms with Gasteiger partial charge < -0.3 is 0 Å². The number of nitrogens with zero attached hydrogens (tertiary/aromatic N) is 5. The number of fused-ring (bicyclic) bond motifs is 1. The summed E-state index contributed by atoms with van der Waals surface area (Å²) in [6.07, 6.45) is 3.71. The molecule has 1 atom stereocenters. The van der Waals surface area contributed by atoms with Gasteiger partial charge >= 0.3 is 194 Å². The van der Waals surface area contributed by atoms with Crippen molar-refractivity contribution in [3.63, 3.8) is 0 Å². The van der Waals surface area contributed by atoms with Gasteiger partial charge in [-0.2, -0.15) is 0 Å². The second-order valence-electron chi connectivity index (χ2n) is 8.67. The van der Waals surface area contributed by atoms with Crippen molar-refractivity contribution < 1.29 is 4.79 Å². The summed E-state index contributed by atoms with van der Waals surface area (Å²) in [5, 5.41) is 12.3. The first-order chi connectivity index (χ1) is 17.5. The Kier molecular flexibility index (Phi) is 8.80. The summed E-state index contributed by atoms with van der Waals surface area (Å²) in [5.41, 5.74) is 3.77. The zero-order chi connectivity index (χ0) is 25.7. The van der Waals surface area contributed by atoms with Crippen LogP contribution in [0.2, 0.25) is 15.1 Å². The predicted molar refractivity (Wildman–Crippen MR) is 152 cm³/mol. The molecule has 36 heavy (non-hydrogen) atoms. The molecule has 1 unspecified atom stereocenters. The zero-order valence-electron chi connectivity index (χ0n) is 21.7. The van der Waals surface area contributed by atoms with Gasteiger partial charge in [-0.1, -0.05) is 6.07 Å². The quantitative estimate of drug-likeness (QED) is 0.225. The van der Waals surface area contributed by atoms with E-state index >= 15 is 0 Å². The van der Waals surface area contributed by atoms with E-state index in [0.717, 1.165) is 47.2 Å². The van der Waals surface area contributed by atoms with Gasteiger partial charge in [0.1, 0.15) is 0 Å². The van der Waals surface area contributed by atoms with Crippen LogP contribution in [0.25, 0.3) is 27.5 Å². The Morgan fingerprint density at radius 1 is 1.11 bits per heavy atom. The molecule has 190 valence electrons. The molecule has 1 amide bonds. The van der Waals surface area contributed by atoms with E-state index in [9.17, 15) is 4.79 Å². The van der Waals surface area contributed by atoms with Gasteiger partial charge in [0.15, 0.2) is 0 Å². The normalized spacial score (nSPS) is 12.3. The van der Waals surface area contributed by atoms with Crippen molar-refractivity contribution in [3.05, 3.63) is 53.7 Å². The summed E-state index contributed by atoms with van der Waals surface area (Å²) in [6.45, 7) is 13.4. The Balaban J connectivity index is 1.72. The minimum atomic E-state index is -0.906.